The summed E-state index contributed by atoms with van der Waals surface area (Å²) in [4.78, 5) is 25.8. The Morgan fingerprint density at radius 1 is 1.19 bits per heavy atom. The predicted molar refractivity (Wildman–Crippen MR) is 106 cm³/mol. The van der Waals surface area contributed by atoms with Crippen LogP contribution in [0.25, 0.3) is 0 Å². The fourth-order valence-electron chi connectivity index (χ4n) is 2.55. The summed E-state index contributed by atoms with van der Waals surface area (Å²) in [6.07, 6.45) is 1.83. The number of carbonyl (C=O) groups is 2. The highest BCUT2D eigenvalue weighted by Gasteiger charge is 2.21. The topological polar surface area (TPSA) is 81.9 Å². The summed E-state index contributed by atoms with van der Waals surface area (Å²) in [5.74, 6) is -0.399. The number of hydrogen-bond acceptors (Lipinski definition) is 4. The molecule has 0 radical (unpaired) electrons. The maximum absolute atomic E-state index is 13.1. The zero-order chi connectivity index (χ0) is 19.8. The number of unbranched alkanes of at least 4 members (excludes halogenated alkanes) is 1. The molecule has 2 N–H and O–H groups in total. The molecule has 0 aliphatic heterocycles. The molecule has 0 aliphatic carbocycles. The standard InChI is InChI=1S/C20H23ClN2O4/c1-3-4-10-23(15-8-6-5-7-9-15)20(25)14-11-16(21)19(17(12-14)26-2)27-13-18(22)24/h5-9,11-12H,3-4,10,13H2,1-2H3,(H2,22,24). The van der Waals surface area contributed by atoms with Crippen molar-refractivity contribution < 1.29 is 19.1 Å². The number of amides is 2. The largest absolute Gasteiger partial charge is 0.493 e. The molecule has 0 saturated carbocycles. The highest BCUT2D eigenvalue weighted by Crippen LogP contribution is 2.37. The number of halogens is 1. The monoisotopic (exact) mass is 390 g/mol. The molecule has 6 nitrogen and oxygen atoms in total. The smallest absolute Gasteiger partial charge is 0.258 e. The minimum atomic E-state index is -0.636. The number of rotatable bonds is 9. The van der Waals surface area contributed by atoms with Gasteiger partial charge in [0.1, 0.15) is 0 Å². The summed E-state index contributed by atoms with van der Waals surface area (Å²) in [7, 11) is 1.43. The Bertz CT molecular complexity index is 796. The first-order valence-corrected chi connectivity index (χ1v) is 9.01. The van der Waals surface area contributed by atoms with Crippen molar-refractivity contribution >= 4 is 29.1 Å². The molecule has 0 unspecified atom stereocenters. The lowest BCUT2D eigenvalue weighted by molar-refractivity contribution is -0.119. The van der Waals surface area contributed by atoms with Crippen molar-refractivity contribution in [3.05, 3.63) is 53.1 Å². The Kier molecular flexibility index (Phi) is 7.49. The van der Waals surface area contributed by atoms with Crippen LogP contribution in [0.4, 0.5) is 5.69 Å². The Labute approximate surface area is 163 Å². The summed E-state index contributed by atoms with van der Waals surface area (Å²) in [5.41, 5.74) is 6.27. The molecule has 0 atom stereocenters. The van der Waals surface area contributed by atoms with Gasteiger partial charge in [0.05, 0.1) is 12.1 Å². The van der Waals surface area contributed by atoms with Gasteiger partial charge in [-0.25, -0.2) is 0 Å². The number of primary amides is 1. The molecule has 7 heteroatoms. The molecule has 0 fully saturated rings. The minimum absolute atomic E-state index is 0.169. The van der Waals surface area contributed by atoms with Gasteiger partial charge in [-0.1, -0.05) is 43.1 Å². The molecule has 0 saturated heterocycles. The fraction of sp³-hybridized carbons (Fsp3) is 0.300. The number of benzene rings is 2. The Morgan fingerprint density at radius 2 is 1.89 bits per heavy atom. The van der Waals surface area contributed by atoms with Crippen LogP contribution in [-0.2, 0) is 4.79 Å². The number of ether oxygens (including phenoxy) is 2. The number of carbonyl (C=O) groups excluding carboxylic acids is 2. The van der Waals surface area contributed by atoms with Gasteiger partial charge in [0, 0.05) is 17.8 Å². The maximum atomic E-state index is 13.1. The Balaban J connectivity index is 2.37. The quantitative estimate of drug-likeness (QED) is 0.708. The van der Waals surface area contributed by atoms with Gasteiger partial charge in [-0.15, -0.1) is 0 Å². The molecule has 0 aliphatic rings. The van der Waals surface area contributed by atoms with Crippen LogP contribution in [0.2, 0.25) is 5.02 Å². The number of nitrogens with two attached hydrogens (primary N) is 1. The number of para-hydroxylation sites is 1. The van der Waals surface area contributed by atoms with Crippen LogP contribution in [0.15, 0.2) is 42.5 Å². The average molecular weight is 391 g/mol. The van der Waals surface area contributed by atoms with E-state index in [1.165, 1.54) is 13.2 Å². The van der Waals surface area contributed by atoms with Crippen LogP contribution in [0.1, 0.15) is 30.1 Å². The third kappa shape index (κ3) is 5.37. The molecule has 144 valence electrons. The third-order valence-corrected chi connectivity index (χ3v) is 4.16. The predicted octanol–water partition coefficient (Wildman–Crippen LogP) is 3.66. The summed E-state index contributed by atoms with van der Waals surface area (Å²) < 4.78 is 10.6. The Hall–Kier alpha value is -2.73. The lowest BCUT2D eigenvalue weighted by atomic mass is 10.1. The second-order valence-corrected chi connectivity index (χ2v) is 6.30. The third-order valence-electron chi connectivity index (χ3n) is 3.88. The van der Waals surface area contributed by atoms with E-state index in [0.29, 0.717) is 12.1 Å². The number of methoxy groups -OCH3 is 1. The van der Waals surface area contributed by atoms with E-state index in [4.69, 9.17) is 26.8 Å². The van der Waals surface area contributed by atoms with Crippen molar-refractivity contribution in [1.29, 1.82) is 0 Å². The Morgan fingerprint density at radius 3 is 2.48 bits per heavy atom. The van der Waals surface area contributed by atoms with E-state index in [1.54, 1.807) is 11.0 Å². The van der Waals surface area contributed by atoms with Crippen molar-refractivity contribution in [3.8, 4) is 11.5 Å². The molecule has 2 amide bonds. The van der Waals surface area contributed by atoms with Crippen molar-refractivity contribution in [2.75, 3.05) is 25.2 Å². The molecular weight excluding hydrogens is 368 g/mol. The molecular formula is C20H23ClN2O4. The minimum Gasteiger partial charge on any atom is -0.493 e. The van der Waals surface area contributed by atoms with E-state index in [-0.39, 0.29) is 29.0 Å². The summed E-state index contributed by atoms with van der Waals surface area (Å²) >= 11 is 6.27. The number of hydrogen-bond donors (Lipinski definition) is 1. The van der Waals surface area contributed by atoms with Crippen LogP contribution in [0, 0.1) is 0 Å². The first kappa shape index (κ1) is 20.6. The van der Waals surface area contributed by atoms with E-state index >= 15 is 0 Å². The molecule has 0 spiro atoms. The van der Waals surface area contributed by atoms with Crippen molar-refractivity contribution in [3.63, 3.8) is 0 Å². The molecule has 0 aromatic heterocycles. The van der Waals surface area contributed by atoms with E-state index in [1.807, 2.05) is 30.3 Å². The van der Waals surface area contributed by atoms with E-state index in [9.17, 15) is 9.59 Å². The first-order chi connectivity index (χ1) is 13.0. The lowest BCUT2D eigenvalue weighted by Crippen LogP contribution is -2.32. The summed E-state index contributed by atoms with van der Waals surface area (Å²) in [6, 6.07) is 12.5. The van der Waals surface area contributed by atoms with Crippen LogP contribution in [0.3, 0.4) is 0 Å². The van der Waals surface area contributed by atoms with Gasteiger partial charge in [-0.05, 0) is 30.7 Å². The molecule has 0 heterocycles. The van der Waals surface area contributed by atoms with Crippen molar-refractivity contribution in [1.82, 2.24) is 0 Å². The second-order valence-electron chi connectivity index (χ2n) is 5.89. The van der Waals surface area contributed by atoms with Gasteiger partial charge in [0.2, 0.25) is 0 Å². The molecule has 2 rings (SSSR count). The van der Waals surface area contributed by atoms with Crippen LogP contribution in [-0.4, -0.2) is 32.1 Å². The number of nitrogens with zero attached hydrogens (tertiary/aromatic N) is 1. The van der Waals surface area contributed by atoms with Gasteiger partial charge in [0.25, 0.3) is 11.8 Å². The molecule has 2 aromatic rings. The van der Waals surface area contributed by atoms with Gasteiger partial charge in [-0.3, -0.25) is 9.59 Å². The highest BCUT2D eigenvalue weighted by molar-refractivity contribution is 6.33. The normalized spacial score (nSPS) is 10.3. The van der Waals surface area contributed by atoms with E-state index in [2.05, 4.69) is 6.92 Å². The average Bonchev–Trinajstić information content (AvgIpc) is 2.67. The van der Waals surface area contributed by atoms with Crippen LogP contribution >= 0.6 is 11.6 Å². The van der Waals surface area contributed by atoms with Gasteiger partial charge < -0.3 is 20.1 Å². The van der Waals surface area contributed by atoms with Gasteiger partial charge in [-0.2, -0.15) is 0 Å². The van der Waals surface area contributed by atoms with E-state index in [0.717, 1.165) is 18.5 Å². The second kappa shape index (κ2) is 9.83. The molecule has 2 aromatic carbocycles. The summed E-state index contributed by atoms with van der Waals surface area (Å²) in [5, 5.41) is 0.169. The first-order valence-electron chi connectivity index (χ1n) is 8.63. The van der Waals surface area contributed by atoms with Gasteiger partial charge in [0.15, 0.2) is 18.1 Å². The number of anilines is 1. The lowest BCUT2D eigenvalue weighted by Gasteiger charge is -2.23. The van der Waals surface area contributed by atoms with Crippen molar-refractivity contribution in [2.24, 2.45) is 5.73 Å². The maximum Gasteiger partial charge on any atom is 0.258 e. The van der Waals surface area contributed by atoms with Crippen LogP contribution in [0.5, 0.6) is 11.5 Å². The summed E-state index contributed by atoms with van der Waals surface area (Å²) in [6.45, 7) is 2.31. The van der Waals surface area contributed by atoms with Crippen molar-refractivity contribution in [2.45, 2.75) is 19.8 Å². The SMILES string of the molecule is CCCCN(C(=O)c1cc(Cl)c(OCC(N)=O)c(OC)c1)c1ccccc1. The van der Waals surface area contributed by atoms with E-state index < -0.39 is 5.91 Å². The fourth-order valence-corrected chi connectivity index (χ4v) is 2.82. The zero-order valence-electron chi connectivity index (χ0n) is 15.4. The highest BCUT2D eigenvalue weighted by atomic mass is 35.5. The zero-order valence-corrected chi connectivity index (χ0v) is 16.2. The van der Waals surface area contributed by atoms with Crippen LogP contribution < -0.4 is 20.1 Å². The molecule has 27 heavy (non-hydrogen) atoms. The molecule has 0 bridgehead atoms. The van der Waals surface area contributed by atoms with Gasteiger partial charge >= 0.3 is 0 Å².